The number of hydrogen-bond acceptors (Lipinski definition) is 6. The summed E-state index contributed by atoms with van der Waals surface area (Å²) in [7, 11) is 7.50. The number of benzene rings is 7. The summed E-state index contributed by atoms with van der Waals surface area (Å²) in [6.45, 7) is 9.09. The lowest BCUT2D eigenvalue weighted by Crippen LogP contribution is -2.55. The van der Waals surface area contributed by atoms with Crippen LogP contribution in [0.4, 0.5) is 49.1 Å². The van der Waals surface area contributed by atoms with Crippen molar-refractivity contribution in [2.45, 2.75) is 57.8 Å². The van der Waals surface area contributed by atoms with Crippen LogP contribution in [0.25, 0.3) is 0 Å². The number of aryl methyl sites for hydroxylation is 5. The van der Waals surface area contributed by atoms with E-state index in [1.165, 1.54) is 0 Å². The monoisotopic (exact) mass is 992 g/mol. The number of amides is 4. The average Bonchev–Trinajstić information content (AvgIpc) is 3.72. The van der Waals surface area contributed by atoms with Crippen molar-refractivity contribution < 1.29 is 45.5 Å². The molecule has 73 heavy (non-hydrogen) atoms. The third-order valence-corrected chi connectivity index (χ3v) is 14.5. The van der Waals surface area contributed by atoms with Crippen LogP contribution < -0.4 is 19.6 Å². The molecule has 0 bridgehead atoms. The van der Waals surface area contributed by atoms with Gasteiger partial charge in [0.15, 0.2) is 0 Å². The Morgan fingerprint density at radius 2 is 0.808 bits per heavy atom. The molecule has 8 nitrogen and oxygen atoms in total. The maximum atomic E-state index is 15.8. The van der Waals surface area contributed by atoms with Crippen LogP contribution in [-0.2, 0) is 10.8 Å². The standard InChI is InChI=1S/C59H50F6N4O4/c1-33-15-13-14-18-47(33)56(38-16-11-10-12-17-38,39-21-25-48(66(6)7)34(2)27-39)40-22-26-49(35(3)28-40)68-52(70)43-23-19-41(31-45(43)54(68)72)57(58(60,61)62,59(63,64)65)42-20-24-44-46(32-42)55(73)69(53(44)71)51-30-36(4)50(67(8)9)29-37(51)5/h10-32H,1-9H3/t56-/m0/s1. The molecule has 4 amide bonds. The van der Waals surface area contributed by atoms with Crippen molar-refractivity contribution in [1.82, 2.24) is 0 Å². The molecule has 2 heterocycles. The van der Waals surface area contributed by atoms with Gasteiger partial charge in [-0.25, -0.2) is 9.80 Å². The number of rotatable bonds is 10. The summed E-state index contributed by atoms with van der Waals surface area (Å²) >= 11 is 0. The maximum Gasteiger partial charge on any atom is 0.411 e. The Morgan fingerprint density at radius 3 is 1.30 bits per heavy atom. The van der Waals surface area contributed by atoms with Crippen molar-refractivity contribution >= 4 is 46.4 Å². The molecule has 0 unspecified atom stereocenters. The van der Waals surface area contributed by atoms with Gasteiger partial charge in [-0.1, -0.05) is 91.0 Å². The average molecular weight is 993 g/mol. The van der Waals surface area contributed by atoms with E-state index in [1.807, 2.05) is 104 Å². The first-order chi connectivity index (χ1) is 34.4. The maximum absolute atomic E-state index is 15.8. The first-order valence-electron chi connectivity index (χ1n) is 23.4. The lowest BCUT2D eigenvalue weighted by molar-refractivity contribution is -0.288. The number of anilines is 4. The molecule has 0 aliphatic carbocycles. The van der Waals surface area contributed by atoms with Gasteiger partial charge in [0.25, 0.3) is 23.6 Å². The minimum absolute atomic E-state index is 0.0772. The molecule has 7 aromatic rings. The normalized spacial score (nSPS) is 14.7. The summed E-state index contributed by atoms with van der Waals surface area (Å²) in [6.07, 6.45) is -12.3. The molecule has 7 aromatic carbocycles. The Bertz CT molecular complexity index is 3440. The molecule has 0 saturated carbocycles. The largest absolute Gasteiger partial charge is 0.411 e. The molecule has 0 saturated heterocycles. The number of halogens is 6. The summed E-state index contributed by atoms with van der Waals surface area (Å²) in [5.41, 5.74) is -1.70. The van der Waals surface area contributed by atoms with E-state index in [1.54, 1.807) is 59.1 Å². The quantitative estimate of drug-likeness (QED) is 0.0771. The van der Waals surface area contributed by atoms with E-state index in [0.29, 0.717) is 41.0 Å². The van der Waals surface area contributed by atoms with Crippen LogP contribution in [-0.4, -0.2) is 64.2 Å². The van der Waals surface area contributed by atoms with Crippen molar-refractivity contribution in [3.05, 3.63) is 223 Å². The highest BCUT2D eigenvalue weighted by atomic mass is 19.4. The van der Waals surface area contributed by atoms with Crippen molar-refractivity contribution in [3.8, 4) is 0 Å². The van der Waals surface area contributed by atoms with Crippen LogP contribution in [0.1, 0.15) is 103 Å². The third kappa shape index (κ3) is 7.51. The lowest BCUT2D eigenvalue weighted by Gasteiger charge is -2.39. The van der Waals surface area contributed by atoms with Gasteiger partial charge in [-0.15, -0.1) is 0 Å². The smallest absolute Gasteiger partial charge is 0.377 e. The van der Waals surface area contributed by atoms with Crippen molar-refractivity contribution in [2.75, 3.05) is 47.8 Å². The summed E-state index contributed by atoms with van der Waals surface area (Å²) in [4.78, 5) is 62.0. The summed E-state index contributed by atoms with van der Waals surface area (Å²) in [6, 6.07) is 36.1. The molecule has 14 heteroatoms. The molecule has 2 aliphatic rings. The molecular formula is C59H50F6N4O4. The van der Waals surface area contributed by atoms with Crippen LogP contribution >= 0.6 is 0 Å². The fourth-order valence-corrected chi connectivity index (χ4v) is 11.1. The van der Waals surface area contributed by atoms with Gasteiger partial charge >= 0.3 is 12.4 Å². The molecule has 372 valence electrons. The van der Waals surface area contributed by atoms with Gasteiger partial charge in [0.2, 0.25) is 5.41 Å². The highest BCUT2D eigenvalue weighted by Gasteiger charge is 2.73. The van der Waals surface area contributed by atoms with Gasteiger partial charge in [0.1, 0.15) is 0 Å². The minimum atomic E-state index is -6.14. The van der Waals surface area contributed by atoms with E-state index < -0.39 is 74.6 Å². The second-order valence-corrected chi connectivity index (χ2v) is 19.3. The number of carbonyl (C=O) groups excluding carboxylic acids is 4. The topological polar surface area (TPSA) is 81.2 Å². The number of nitrogens with zero attached hydrogens (tertiary/aromatic N) is 4. The summed E-state index contributed by atoms with van der Waals surface area (Å²) in [5, 5.41) is 0. The van der Waals surface area contributed by atoms with Crippen LogP contribution in [0.3, 0.4) is 0 Å². The number of alkyl halides is 6. The number of imide groups is 2. The molecule has 0 fully saturated rings. The Hall–Kier alpha value is -8.00. The molecule has 0 N–H and O–H groups in total. The van der Waals surface area contributed by atoms with Crippen molar-refractivity contribution in [3.63, 3.8) is 0 Å². The Morgan fingerprint density at radius 1 is 0.370 bits per heavy atom. The Kier molecular flexibility index (Phi) is 12.1. The van der Waals surface area contributed by atoms with E-state index in [2.05, 4.69) is 12.1 Å². The van der Waals surface area contributed by atoms with E-state index in [-0.39, 0.29) is 16.9 Å². The van der Waals surface area contributed by atoms with Gasteiger partial charge in [-0.3, -0.25) is 19.2 Å². The van der Waals surface area contributed by atoms with Crippen LogP contribution in [0.2, 0.25) is 0 Å². The first-order valence-corrected chi connectivity index (χ1v) is 23.4. The minimum Gasteiger partial charge on any atom is -0.377 e. The Balaban J connectivity index is 1.15. The summed E-state index contributed by atoms with van der Waals surface area (Å²) < 4.78 is 94.7. The predicted molar refractivity (Wildman–Crippen MR) is 272 cm³/mol. The fourth-order valence-electron chi connectivity index (χ4n) is 11.1. The van der Waals surface area contributed by atoms with Crippen molar-refractivity contribution in [2.24, 2.45) is 0 Å². The zero-order valence-electron chi connectivity index (χ0n) is 41.5. The zero-order chi connectivity index (χ0) is 52.9. The molecule has 0 aromatic heterocycles. The highest BCUT2D eigenvalue weighted by molar-refractivity contribution is 6.35. The molecule has 0 spiro atoms. The van der Waals surface area contributed by atoms with E-state index in [9.17, 15) is 19.2 Å². The SMILES string of the molecule is Cc1cc([C@@](c2ccccc2)(c2ccc(N3C(=O)c4ccc(C(c5ccc6c(c5)C(=O)N(c5cc(C)c(N(C)C)cc5C)C6=O)(C(F)(F)F)C(F)(F)F)cc4C3=O)c(C)c2)c2ccccc2C)ccc1N(C)C. The molecule has 1 atom stereocenters. The fraction of sp³-hybridized carbons (Fsp3) is 0.220. The molecular weight excluding hydrogens is 943 g/mol. The molecule has 2 aliphatic heterocycles. The lowest BCUT2D eigenvalue weighted by atomic mass is 9.63. The van der Waals surface area contributed by atoms with Gasteiger partial charge in [-0.2, -0.15) is 26.3 Å². The molecule has 9 rings (SSSR count). The third-order valence-electron chi connectivity index (χ3n) is 14.5. The van der Waals surface area contributed by atoms with Gasteiger partial charge in [0, 0.05) is 39.6 Å². The second-order valence-electron chi connectivity index (χ2n) is 19.3. The summed E-state index contributed by atoms with van der Waals surface area (Å²) in [5.74, 6) is -4.10. The number of fused-ring (bicyclic) bond motifs is 2. The highest BCUT2D eigenvalue weighted by Crippen LogP contribution is 2.57. The Labute approximate surface area is 419 Å². The molecule has 0 radical (unpaired) electrons. The van der Waals surface area contributed by atoms with Crippen molar-refractivity contribution in [1.29, 1.82) is 0 Å². The van der Waals surface area contributed by atoms with E-state index in [4.69, 9.17) is 0 Å². The van der Waals surface area contributed by atoms with Crippen LogP contribution in [0, 0.1) is 34.6 Å². The van der Waals surface area contributed by atoms with Crippen LogP contribution in [0.15, 0.2) is 140 Å². The van der Waals surface area contributed by atoms with Crippen LogP contribution in [0.5, 0.6) is 0 Å². The number of hydrogen-bond donors (Lipinski definition) is 0. The van der Waals surface area contributed by atoms with E-state index in [0.717, 1.165) is 66.7 Å². The number of carbonyl (C=O) groups is 4. The van der Waals surface area contributed by atoms with Gasteiger partial charge < -0.3 is 9.80 Å². The predicted octanol–water partition coefficient (Wildman–Crippen LogP) is 12.8. The van der Waals surface area contributed by atoms with Gasteiger partial charge in [-0.05, 0) is 144 Å². The van der Waals surface area contributed by atoms with E-state index >= 15 is 26.3 Å². The zero-order valence-corrected chi connectivity index (χ0v) is 41.5. The van der Waals surface area contributed by atoms with Gasteiger partial charge in [0.05, 0.1) is 39.0 Å². The second kappa shape index (κ2) is 17.6. The first kappa shape index (κ1) is 50.0.